The number of carboxylic acids is 1. The van der Waals surface area contributed by atoms with Crippen molar-refractivity contribution >= 4 is 11.9 Å². The van der Waals surface area contributed by atoms with Gasteiger partial charge in [0.05, 0.1) is 5.41 Å². The molecule has 0 atom stereocenters. The molecular weight excluding hydrogens is 184 g/mol. The molecule has 0 aromatic heterocycles. The number of amides is 1. The second kappa shape index (κ2) is 5.59. The van der Waals surface area contributed by atoms with E-state index in [4.69, 9.17) is 10.8 Å². The third-order valence-corrected chi connectivity index (χ3v) is 1.98. The molecule has 0 unspecified atom stereocenters. The fraction of sp³-hybridized carbons (Fsp3) is 0.778. The highest BCUT2D eigenvalue weighted by atomic mass is 16.4. The number of hydrogen-bond donors (Lipinski definition) is 3. The molecule has 0 aliphatic heterocycles. The SMILES string of the molecule is CC(C)(CN)C(=O)NCCCC(=O)O. The monoisotopic (exact) mass is 202 g/mol. The van der Waals surface area contributed by atoms with Gasteiger partial charge in [0, 0.05) is 19.5 Å². The number of rotatable bonds is 6. The summed E-state index contributed by atoms with van der Waals surface area (Å²) in [5, 5.41) is 11.0. The van der Waals surface area contributed by atoms with Gasteiger partial charge in [0.2, 0.25) is 5.91 Å². The highest BCUT2D eigenvalue weighted by molar-refractivity contribution is 5.82. The van der Waals surface area contributed by atoms with Crippen molar-refractivity contribution < 1.29 is 14.7 Å². The third-order valence-electron chi connectivity index (χ3n) is 1.98. The smallest absolute Gasteiger partial charge is 0.303 e. The first-order valence-corrected chi connectivity index (χ1v) is 4.60. The third kappa shape index (κ3) is 4.81. The molecule has 0 aliphatic carbocycles. The van der Waals surface area contributed by atoms with Gasteiger partial charge in [-0.3, -0.25) is 9.59 Å². The molecule has 1 amide bonds. The first-order valence-electron chi connectivity index (χ1n) is 4.60. The Labute approximate surface area is 83.7 Å². The van der Waals surface area contributed by atoms with E-state index in [0.29, 0.717) is 13.0 Å². The van der Waals surface area contributed by atoms with Crippen LogP contribution in [0.4, 0.5) is 0 Å². The van der Waals surface area contributed by atoms with E-state index in [1.807, 2.05) is 0 Å². The lowest BCUT2D eigenvalue weighted by molar-refractivity contribution is -0.137. The van der Waals surface area contributed by atoms with Crippen molar-refractivity contribution in [1.82, 2.24) is 5.32 Å². The van der Waals surface area contributed by atoms with Crippen LogP contribution in [0.15, 0.2) is 0 Å². The van der Waals surface area contributed by atoms with Gasteiger partial charge in [0.15, 0.2) is 0 Å². The zero-order valence-corrected chi connectivity index (χ0v) is 8.67. The summed E-state index contributed by atoms with van der Waals surface area (Å²) in [4.78, 5) is 21.6. The molecule has 0 fully saturated rings. The second-order valence-corrected chi connectivity index (χ2v) is 3.84. The summed E-state index contributed by atoms with van der Waals surface area (Å²) in [6.07, 6.45) is 0.519. The normalized spacial score (nSPS) is 11.1. The van der Waals surface area contributed by atoms with E-state index in [2.05, 4.69) is 5.32 Å². The van der Waals surface area contributed by atoms with Crippen LogP contribution in [-0.2, 0) is 9.59 Å². The van der Waals surface area contributed by atoms with Crippen molar-refractivity contribution in [3.63, 3.8) is 0 Å². The van der Waals surface area contributed by atoms with Crippen LogP contribution in [0.25, 0.3) is 0 Å². The van der Waals surface area contributed by atoms with E-state index in [1.165, 1.54) is 0 Å². The standard InChI is InChI=1S/C9H18N2O3/c1-9(2,6-10)8(14)11-5-3-4-7(12)13/h3-6,10H2,1-2H3,(H,11,14)(H,12,13). The van der Waals surface area contributed by atoms with Crippen LogP contribution in [0.5, 0.6) is 0 Å². The molecule has 0 radical (unpaired) electrons. The summed E-state index contributed by atoms with van der Waals surface area (Å²) in [5.74, 6) is -0.984. The Bertz CT molecular complexity index is 214. The van der Waals surface area contributed by atoms with E-state index >= 15 is 0 Å². The molecule has 5 nitrogen and oxygen atoms in total. The lowest BCUT2D eigenvalue weighted by Gasteiger charge is -2.20. The Morgan fingerprint density at radius 3 is 2.43 bits per heavy atom. The van der Waals surface area contributed by atoms with Crippen molar-refractivity contribution in [3.05, 3.63) is 0 Å². The van der Waals surface area contributed by atoms with Gasteiger partial charge >= 0.3 is 5.97 Å². The van der Waals surface area contributed by atoms with Crippen molar-refractivity contribution in [2.45, 2.75) is 26.7 Å². The van der Waals surface area contributed by atoms with Gasteiger partial charge < -0.3 is 16.2 Å². The van der Waals surface area contributed by atoms with E-state index in [9.17, 15) is 9.59 Å². The summed E-state index contributed by atoms with van der Waals surface area (Å²) >= 11 is 0. The van der Waals surface area contributed by atoms with Crippen molar-refractivity contribution in [3.8, 4) is 0 Å². The highest BCUT2D eigenvalue weighted by Crippen LogP contribution is 2.11. The molecule has 0 saturated heterocycles. The lowest BCUT2D eigenvalue weighted by Crippen LogP contribution is -2.42. The summed E-state index contributed by atoms with van der Waals surface area (Å²) in [7, 11) is 0. The average Bonchev–Trinajstić information content (AvgIpc) is 2.11. The van der Waals surface area contributed by atoms with Crippen LogP contribution >= 0.6 is 0 Å². The van der Waals surface area contributed by atoms with Crippen LogP contribution in [0.1, 0.15) is 26.7 Å². The maximum Gasteiger partial charge on any atom is 0.303 e. The quantitative estimate of drug-likeness (QED) is 0.527. The minimum absolute atomic E-state index is 0.0728. The molecule has 14 heavy (non-hydrogen) atoms. The zero-order chi connectivity index (χ0) is 11.2. The van der Waals surface area contributed by atoms with E-state index in [1.54, 1.807) is 13.8 Å². The number of carbonyl (C=O) groups excluding carboxylic acids is 1. The summed E-state index contributed by atoms with van der Waals surface area (Å²) in [6, 6.07) is 0. The Kier molecular flexibility index (Phi) is 5.15. The largest absolute Gasteiger partial charge is 0.481 e. The first-order chi connectivity index (χ1) is 6.40. The summed E-state index contributed by atoms with van der Waals surface area (Å²) in [5.41, 5.74) is 4.82. The number of nitrogens with two attached hydrogens (primary N) is 1. The maximum absolute atomic E-state index is 11.4. The van der Waals surface area contributed by atoms with E-state index in [0.717, 1.165) is 0 Å². The van der Waals surface area contributed by atoms with Crippen molar-refractivity contribution in [1.29, 1.82) is 0 Å². The molecule has 5 heteroatoms. The molecule has 0 saturated carbocycles. The highest BCUT2D eigenvalue weighted by Gasteiger charge is 2.24. The Morgan fingerprint density at radius 1 is 1.43 bits per heavy atom. The number of aliphatic carboxylic acids is 1. The molecule has 0 aromatic rings. The topological polar surface area (TPSA) is 92.4 Å². The molecular formula is C9H18N2O3. The first kappa shape index (κ1) is 12.9. The maximum atomic E-state index is 11.4. The fourth-order valence-electron chi connectivity index (χ4n) is 0.774. The average molecular weight is 202 g/mol. The van der Waals surface area contributed by atoms with Crippen molar-refractivity contribution in [2.24, 2.45) is 11.1 Å². The summed E-state index contributed by atoms with van der Waals surface area (Å²) in [6.45, 7) is 4.16. The van der Waals surface area contributed by atoms with Crippen LogP contribution in [-0.4, -0.2) is 30.1 Å². The molecule has 0 aromatic carbocycles. The number of carboxylic acid groups (broad SMARTS) is 1. The predicted octanol–water partition coefficient (Wildman–Crippen LogP) is -0.0477. The Balaban J connectivity index is 3.70. The van der Waals surface area contributed by atoms with Gasteiger partial charge in [0.1, 0.15) is 0 Å². The van der Waals surface area contributed by atoms with Gasteiger partial charge in [-0.1, -0.05) is 0 Å². The van der Waals surface area contributed by atoms with Gasteiger partial charge in [-0.15, -0.1) is 0 Å². The number of nitrogens with one attached hydrogen (secondary N) is 1. The molecule has 0 rings (SSSR count). The van der Waals surface area contributed by atoms with Gasteiger partial charge in [-0.25, -0.2) is 0 Å². The van der Waals surface area contributed by atoms with E-state index < -0.39 is 11.4 Å². The minimum atomic E-state index is -0.850. The van der Waals surface area contributed by atoms with Crippen LogP contribution in [0.2, 0.25) is 0 Å². The Hall–Kier alpha value is -1.10. The summed E-state index contributed by atoms with van der Waals surface area (Å²) < 4.78 is 0. The molecule has 4 N–H and O–H groups in total. The van der Waals surface area contributed by atoms with Crippen LogP contribution < -0.4 is 11.1 Å². The van der Waals surface area contributed by atoms with Gasteiger partial charge in [-0.2, -0.15) is 0 Å². The van der Waals surface area contributed by atoms with Crippen molar-refractivity contribution in [2.75, 3.05) is 13.1 Å². The second-order valence-electron chi connectivity index (χ2n) is 3.84. The number of hydrogen-bond acceptors (Lipinski definition) is 3. The van der Waals surface area contributed by atoms with Crippen LogP contribution in [0, 0.1) is 5.41 Å². The molecule has 0 spiro atoms. The molecule has 0 bridgehead atoms. The van der Waals surface area contributed by atoms with E-state index in [-0.39, 0.29) is 18.9 Å². The van der Waals surface area contributed by atoms with Crippen LogP contribution in [0.3, 0.4) is 0 Å². The fourth-order valence-corrected chi connectivity index (χ4v) is 0.774. The van der Waals surface area contributed by atoms with Gasteiger partial charge in [-0.05, 0) is 20.3 Å². The Morgan fingerprint density at radius 2 is 2.00 bits per heavy atom. The van der Waals surface area contributed by atoms with Gasteiger partial charge in [0.25, 0.3) is 0 Å². The minimum Gasteiger partial charge on any atom is -0.481 e. The molecule has 0 heterocycles. The number of carbonyl (C=O) groups is 2. The molecule has 82 valence electrons. The zero-order valence-electron chi connectivity index (χ0n) is 8.67. The predicted molar refractivity (Wildman–Crippen MR) is 52.7 cm³/mol. The molecule has 0 aliphatic rings. The lowest BCUT2D eigenvalue weighted by atomic mass is 9.93.